The number of aliphatic hydroxyl groups is 2. The Morgan fingerprint density at radius 3 is 2.49 bits per heavy atom. The number of aryl methyl sites for hydroxylation is 1. The Kier molecular flexibility index (Phi) is 5.37. The topological polar surface area (TPSA) is 106 Å². The van der Waals surface area contributed by atoms with E-state index in [1.165, 1.54) is 13.0 Å². The second kappa shape index (κ2) is 7.58. The van der Waals surface area contributed by atoms with Gasteiger partial charge in [0.1, 0.15) is 17.5 Å². The fraction of sp³-hybridized carbons (Fsp3) is 0.786. The number of carbonyl (C=O) groups excluding carboxylic acids is 1. The lowest BCUT2D eigenvalue weighted by atomic mass is 9.36. The van der Waals surface area contributed by atoms with E-state index in [-0.39, 0.29) is 52.0 Å². The van der Waals surface area contributed by atoms with Crippen molar-refractivity contribution in [3.8, 4) is 5.95 Å². The molecule has 3 aliphatic carbocycles. The minimum absolute atomic E-state index is 0.0132. The summed E-state index contributed by atoms with van der Waals surface area (Å²) in [6, 6.07) is 1.52. The largest absolute Gasteiger partial charge is 0.462 e. The van der Waals surface area contributed by atoms with Gasteiger partial charge >= 0.3 is 5.97 Å². The van der Waals surface area contributed by atoms with Crippen molar-refractivity contribution in [2.24, 2.45) is 34.0 Å². The zero-order valence-corrected chi connectivity index (χ0v) is 22.0. The molecular formula is C28H40O7. The molecule has 5 rings (SSSR count). The van der Waals surface area contributed by atoms with Gasteiger partial charge in [-0.2, -0.15) is 0 Å². The van der Waals surface area contributed by atoms with Gasteiger partial charge in [0.2, 0.25) is 0 Å². The summed E-state index contributed by atoms with van der Waals surface area (Å²) in [7, 11) is 0. The van der Waals surface area contributed by atoms with Gasteiger partial charge in [-0.15, -0.1) is 0 Å². The molecule has 7 nitrogen and oxygen atoms in total. The molecule has 0 amide bonds. The molecule has 3 saturated carbocycles. The molecule has 9 atom stereocenters. The summed E-state index contributed by atoms with van der Waals surface area (Å²) in [5.41, 5.74) is -1.47. The van der Waals surface area contributed by atoms with Gasteiger partial charge in [-0.3, -0.25) is 9.59 Å². The molecular weight excluding hydrogens is 448 g/mol. The highest BCUT2D eigenvalue weighted by molar-refractivity contribution is 5.66. The molecule has 2 heterocycles. The van der Waals surface area contributed by atoms with Crippen molar-refractivity contribution in [1.29, 1.82) is 0 Å². The molecule has 0 spiro atoms. The summed E-state index contributed by atoms with van der Waals surface area (Å²) in [5, 5.41) is 23.4. The minimum atomic E-state index is -0.724. The van der Waals surface area contributed by atoms with Crippen LogP contribution in [0.1, 0.15) is 78.5 Å². The van der Waals surface area contributed by atoms with Crippen LogP contribution in [0.2, 0.25) is 0 Å². The molecule has 2 N–H and O–H groups in total. The number of rotatable bonds is 1. The Bertz CT molecular complexity index is 1110. The first-order valence-electron chi connectivity index (χ1n) is 13.0. The van der Waals surface area contributed by atoms with Gasteiger partial charge in [0, 0.05) is 42.6 Å². The minimum Gasteiger partial charge on any atom is -0.462 e. The van der Waals surface area contributed by atoms with Crippen LogP contribution >= 0.6 is 0 Å². The number of carbonyl (C=O) groups is 1. The number of aliphatic hydroxyl groups excluding tert-OH is 2. The lowest BCUT2D eigenvalue weighted by molar-refractivity contribution is -0.285. The molecule has 0 radical (unpaired) electrons. The average Bonchev–Trinajstić information content (AvgIpc) is 2.69. The third-order valence-corrected chi connectivity index (χ3v) is 10.7. The summed E-state index contributed by atoms with van der Waals surface area (Å²) in [6.07, 6.45) is 1.15. The normalized spacial score (nSPS) is 45.7. The summed E-state index contributed by atoms with van der Waals surface area (Å²) in [5.74, 6) is 0.317. The molecule has 35 heavy (non-hydrogen) atoms. The van der Waals surface area contributed by atoms with E-state index in [2.05, 4.69) is 27.7 Å². The first-order valence-corrected chi connectivity index (χ1v) is 13.0. The highest BCUT2D eigenvalue weighted by Crippen LogP contribution is 2.70. The number of ether oxygens (including phenoxy) is 2. The number of fused-ring (bicyclic) bond motifs is 6. The van der Waals surface area contributed by atoms with E-state index in [1.807, 2.05) is 6.92 Å². The van der Waals surface area contributed by atoms with E-state index in [4.69, 9.17) is 13.9 Å². The van der Waals surface area contributed by atoms with Crippen LogP contribution in [0.25, 0.3) is 0 Å². The Morgan fingerprint density at radius 1 is 1.14 bits per heavy atom. The summed E-state index contributed by atoms with van der Waals surface area (Å²) >= 11 is 0. The van der Waals surface area contributed by atoms with Crippen molar-refractivity contribution >= 4 is 5.97 Å². The molecule has 1 aliphatic heterocycles. The SMILES string of the molecule is CC(=O)OC1CC(O)C2(C)C(CCC3(C)C4Cc5c(oc(C)cc5=O)OC4(C)CC(O)C32)C1(C)C. The van der Waals surface area contributed by atoms with E-state index in [0.29, 0.717) is 30.6 Å². The lowest BCUT2D eigenvalue weighted by Crippen LogP contribution is -2.72. The van der Waals surface area contributed by atoms with Gasteiger partial charge in [0.05, 0.1) is 17.8 Å². The van der Waals surface area contributed by atoms with Crippen LogP contribution < -0.4 is 10.2 Å². The van der Waals surface area contributed by atoms with Gasteiger partial charge in [-0.25, -0.2) is 0 Å². The van der Waals surface area contributed by atoms with Crippen LogP contribution in [0.5, 0.6) is 5.95 Å². The second-order valence-corrected chi connectivity index (χ2v) is 13.0. The maximum absolute atomic E-state index is 12.9. The maximum atomic E-state index is 12.9. The maximum Gasteiger partial charge on any atom is 0.302 e. The van der Waals surface area contributed by atoms with E-state index < -0.39 is 23.2 Å². The van der Waals surface area contributed by atoms with Crippen molar-refractivity contribution < 1.29 is 28.9 Å². The first kappa shape index (κ1) is 24.8. The smallest absolute Gasteiger partial charge is 0.302 e. The zero-order chi connectivity index (χ0) is 25.7. The Hall–Kier alpha value is -1.86. The van der Waals surface area contributed by atoms with Crippen LogP contribution in [0, 0.1) is 40.9 Å². The number of hydrogen-bond donors (Lipinski definition) is 2. The number of esters is 1. The van der Waals surface area contributed by atoms with Crippen molar-refractivity contribution in [1.82, 2.24) is 0 Å². The fourth-order valence-electron chi connectivity index (χ4n) is 9.32. The molecule has 4 aliphatic rings. The predicted octanol–water partition coefficient (Wildman–Crippen LogP) is 3.78. The molecule has 0 bridgehead atoms. The standard InChI is InChI=1S/C28H40O7/c1-14-10-17(30)16-11-20-26(5)9-8-19-25(3,4)22(34-15(2)29)12-21(32)28(19,7)23(26)18(31)13-27(20,6)35-24(16)33-14/h10,18-23,31-32H,8-9,11-13H2,1-7H3. The quantitative estimate of drug-likeness (QED) is 0.580. The molecule has 194 valence electrons. The third-order valence-electron chi connectivity index (χ3n) is 10.7. The molecule has 0 saturated heterocycles. The Labute approximate surface area is 207 Å². The Morgan fingerprint density at radius 2 is 1.83 bits per heavy atom. The van der Waals surface area contributed by atoms with Crippen molar-refractivity contribution in [2.75, 3.05) is 0 Å². The van der Waals surface area contributed by atoms with Gasteiger partial charge in [-0.05, 0) is 50.4 Å². The molecule has 1 aromatic rings. The zero-order valence-electron chi connectivity index (χ0n) is 22.0. The van der Waals surface area contributed by atoms with E-state index in [9.17, 15) is 19.8 Å². The van der Waals surface area contributed by atoms with E-state index >= 15 is 0 Å². The van der Waals surface area contributed by atoms with Crippen LogP contribution in [0.4, 0.5) is 0 Å². The summed E-state index contributed by atoms with van der Waals surface area (Å²) < 4.78 is 17.9. The highest BCUT2D eigenvalue weighted by Gasteiger charge is 2.71. The van der Waals surface area contributed by atoms with Crippen molar-refractivity contribution in [2.45, 2.75) is 104 Å². The molecule has 9 unspecified atom stereocenters. The monoisotopic (exact) mass is 488 g/mol. The predicted molar refractivity (Wildman–Crippen MR) is 129 cm³/mol. The van der Waals surface area contributed by atoms with Crippen LogP contribution in [0.15, 0.2) is 15.3 Å². The molecule has 1 aromatic heterocycles. The van der Waals surface area contributed by atoms with Crippen LogP contribution in [0.3, 0.4) is 0 Å². The molecule has 0 aromatic carbocycles. The molecule has 3 fully saturated rings. The average molecular weight is 489 g/mol. The van der Waals surface area contributed by atoms with Crippen molar-refractivity contribution in [3.05, 3.63) is 27.6 Å². The van der Waals surface area contributed by atoms with Gasteiger partial charge in [-0.1, -0.05) is 27.7 Å². The summed E-state index contributed by atoms with van der Waals surface area (Å²) in [4.78, 5) is 24.7. The number of hydrogen-bond acceptors (Lipinski definition) is 7. The van der Waals surface area contributed by atoms with Gasteiger partial charge in [0.25, 0.3) is 5.95 Å². The van der Waals surface area contributed by atoms with Crippen LogP contribution in [-0.2, 0) is 16.0 Å². The Balaban J connectivity index is 1.59. The van der Waals surface area contributed by atoms with Gasteiger partial charge in [0.15, 0.2) is 5.43 Å². The summed E-state index contributed by atoms with van der Waals surface area (Å²) in [6.45, 7) is 13.8. The lowest BCUT2D eigenvalue weighted by Gasteiger charge is -2.70. The highest BCUT2D eigenvalue weighted by atomic mass is 16.6. The first-order chi connectivity index (χ1) is 16.1. The molecule has 7 heteroatoms. The van der Waals surface area contributed by atoms with Crippen molar-refractivity contribution in [3.63, 3.8) is 0 Å². The van der Waals surface area contributed by atoms with E-state index in [1.54, 1.807) is 6.92 Å². The van der Waals surface area contributed by atoms with E-state index in [0.717, 1.165) is 12.8 Å². The third kappa shape index (κ3) is 3.29. The van der Waals surface area contributed by atoms with Crippen LogP contribution in [-0.4, -0.2) is 40.1 Å². The second-order valence-electron chi connectivity index (χ2n) is 13.0. The fourth-order valence-corrected chi connectivity index (χ4v) is 9.32. The van der Waals surface area contributed by atoms with Gasteiger partial charge < -0.3 is 24.1 Å².